The molecule has 2 atom stereocenters. The smallest absolute Gasteiger partial charge is 0.177 e. The molecule has 0 amide bonds. The molecule has 1 saturated heterocycles. The Morgan fingerprint density at radius 1 is 1.17 bits per heavy atom. The minimum atomic E-state index is 0.342. The number of furan rings is 1. The number of hydrogen-bond acceptors (Lipinski definition) is 4. The molecular weight excluding hydrogens is 300 g/mol. The highest BCUT2D eigenvalue weighted by atomic mass is 16.5. The third kappa shape index (κ3) is 2.08. The van der Waals surface area contributed by atoms with Gasteiger partial charge in [-0.05, 0) is 50.3 Å². The maximum atomic E-state index is 5.73. The monoisotopic (exact) mass is 326 g/mol. The van der Waals surface area contributed by atoms with Crippen LogP contribution in [-0.4, -0.2) is 31.3 Å². The quantitative estimate of drug-likeness (QED) is 0.902. The average Bonchev–Trinajstić information content (AvgIpc) is 3.08. The lowest BCUT2D eigenvalue weighted by Gasteiger charge is -2.58. The second kappa shape index (κ2) is 5.41. The largest absolute Gasteiger partial charge is 0.493 e. The van der Waals surface area contributed by atoms with Crippen molar-refractivity contribution < 1.29 is 9.15 Å². The molecule has 1 aromatic heterocycles. The number of methoxy groups -OCH3 is 1. The van der Waals surface area contributed by atoms with Crippen LogP contribution in [0.15, 0.2) is 28.9 Å². The van der Waals surface area contributed by atoms with Crippen molar-refractivity contribution in [2.24, 2.45) is 0 Å². The van der Waals surface area contributed by atoms with Gasteiger partial charge in [-0.15, -0.1) is 0 Å². The molecule has 1 aromatic carbocycles. The molecule has 2 saturated carbocycles. The van der Waals surface area contributed by atoms with Gasteiger partial charge in [0.05, 0.1) is 13.4 Å². The van der Waals surface area contributed by atoms with Gasteiger partial charge < -0.3 is 19.4 Å². The van der Waals surface area contributed by atoms with E-state index in [4.69, 9.17) is 9.15 Å². The Kier molecular flexibility index (Phi) is 3.30. The van der Waals surface area contributed by atoms with E-state index in [-0.39, 0.29) is 0 Å². The van der Waals surface area contributed by atoms with Crippen molar-refractivity contribution in [3.05, 3.63) is 24.5 Å². The molecule has 2 aliphatic carbocycles. The van der Waals surface area contributed by atoms with Crippen LogP contribution in [-0.2, 0) is 0 Å². The fourth-order valence-electron chi connectivity index (χ4n) is 5.14. The zero-order chi connectivity index (χ0) is 16.1. The number of fused-ring (bicyclic) bond motifs is 2. The van der Waals surface area contributed by atoms with Gasteiger partial charge in [-0.1, -0.05) is 12.8 Å². The summed E-state index contributed by atoms with van der Waals surface area (Å²) in [4.78, 5) is 2.69. The van der Waals surface area contributed by atoms with E-state index < -0.39 is 0 Å². The molecule has 0 bridgehead atoms. The Labute approximate surface area is 143 Å². The summed E-state index contributed by atoms with van der Waals surface area (Å²) in [7, 11) is 1.71. The summed E-state index contributed by atoms with van der Waals surface area (Å²) in [5, 5.41) is 5.23. The van der Waals surface area contributed by atoms with E-state index in [1.54, 1.807) is 13.4 Å². The first-order valence-corrected chi connectivity index (χ1v) is 9.38. The molecule has 2 unspecified atom stereocenters. The molecule has 2 heterocycles. The molecule has 2 aromatic rings. The lowest BCUT2D eigenvalue weighted by molar-refractivity contribution is 0.105. The number of anilines is 1. The predicted molar refractivity (Wildman–Crippen MR) is 95.9 cm³/mol. The highest BCUT2D eigenvalue weighted by molar-refractivity contribution is 5.95. The zero-order valence-electron chi connectivity index (χ0n) is 14.4. The first-order valence-electron chi connectivity index (χ1n) is 9.38. The van der Waals surface area contributed by atoms with Crippen molar-refractivity contribution in [2.45, 2.75) is 62.6 Å². The topological polar surface area (TPSA) is 37.6 Å². The number of nitrogens with one attached hydrogen (secondary N) is 1. The Morgan fingerprint density at radius 3 is 2.83 bits per heavy atom. The van der Waals surface area contributed by atoms with Gasteiger partial charge >= 0.3 is 0 Å². The lowest BCUT2D eigenvalue weighted by Crippen LogP contribution is -2.72. The number of benzene rings is 1. The second-order valence-corrected chi connectivity index (χ2v) is 7.81. The summed E-state index contributed by atoms with van der Waals surface area (Å²) >= 11 is 0. The van der Waals surface area contributed by atoms with Gasteiger partial charge in [-0.2, -0.15) is 0 Å². The summed E-state index contributed by atoms with van der Waals surface area (Å²) in [6, 6.07) is 7.64. The second-order valence-electron chi connectivity index (χ2n) is 7.81. The van der Waals surface area contributed by atoms with Crippen LogP contribution in [0.4, 0.5) is 5.69 Å². The average molecular weight is 326 g/mol. The van der Waals surface area contributed by atoms with E-state index in [1.807, 2.05) is 0 Å². The predicted octanol–water partition coefficient (Wildman–Crippen LogP) is 4.08. The molecular formula is C20H26N2O2. The van der Waals surface area contributed by atoms with E-state index in [0.717, 1.165) is 17.9 Å². The maximum absolute atomic E-state index is 5.73. The Morgan fingerprint density at radius 2 is 2.04 bits per heavy atom. The van der Waals surface area contributed by atoms with Gasteiger partial charge in [0.1, 0.15) is 0 Å². The summed E-state index contributed by atoms with van der Waals surface area (Å²) in [5.74, 6) is 0.826. The van der Waals surface area contributed by atoms with Crippen molar-refractivity contribution in [3.63, 3.8) is 0 Å². The zero-order valence-corrected chi connectivity index (χ0v) is 14.4. The van der Waals surface area contributed by atoms with Crippen LogP contribution < -0.4 is 15.0 Å². The van der Waals surface area contributed by atoms with Crippen LogP contribution in [0.2, 0.25) is 0 Å². The van der Waals surface area contributed by atoms with Crippen molar-refractivity contribution in [1.82, 2.24) is 5.32 Å². The number of piperazine rings is 1. The van der Waals surface area contributed by atoms with Gasteiger partial charge in [0.2, 0.25) is 0 Å². The molecule has 3 aliphatic rings. The van der Waals surface area contributed by atoms with Crippen LogP contribution >= 0.6 is 0 Å². The van der Waals surface area contributed by atoms with Crippen LogP contribution in [0.1, 0.15) is 44.9 Å². The lowest BCUT2D eigenvalue weighted by atomic mass is 9.71. The van der Waals surface area contributed by atoms with Gasteiger partial charge in [0, 0.05) is 35.2 Å². The van der Waals surface area contributed by atoms with E-state index in [2.05, 4.69) is 28.4 Å². The van der Waals surface area contributed by atoms with Gasteiger partial charge in [-0.3, -0.25) is 0 Å². The van der Waals surface area contributed by atoms with Crippen molar-refractivity contribution >= 4 is 16.7 Å². The van der Waals surface area contributed by atoms with Gasteiger partial charge in [0.15, 0.2) is 11.3 Å². The van der Waals surface area contributed by atoms with Crippen LogP contribution in [0.3, 0.4) is 0 Å². The van der Waals surface area contributed by atoms with E-state index in [0.29, 0.717) is 17.6 Å². The van der Waals surface area contributed by atoms with Crippen LogP contribution in [0.25, 0.3) is 11.0 Å². The fraction of sp³-hybridized carbons (Fsp3) is 0.600. The molecule has 4 nitrogen and oxygen atoms in total. The molecule has 1 aliphatic heterocycles. The fourth-order valence-corrected chi connectivity index (χ4v) is 5.14. The Hall–Kier alpha value is -1.68. The van der Waals surface area contributed by atoms with Crippen molar-refractivity contribution in [1.29, 1.82) is 0 Å². The number of ether oxygens (including phenoxy) is 1. The summed E-state index contributed by atoms with van der Waals surface area (Å²) in [5.41, 5.74) is 2.54. The van der Waals surface area contributed by atoms with Crippen LogP contribution in [0.5, 0.6) is 5.75 Å². The third-order valence-electron chi connectivity index (χ3n) is 6.49. The molecule has 1 N–H and O–H groups in total. The van der Waals surface area contributed by atoms with Crippen LogP contribution in [0, 0.1) is 0 Å². The Balaban J connectivity index is 1.59. The molecule has 3 fully saturated rings. The number of nitrogens with zero attached hydrogens (tertiary/aromatic N) is 1. The SMILES string of the molecule is COc1ccc(N2CC3(CCC3)NC3CCCCC32)c2ccoc12. The summed E-state index contributed by atoms with van der Waals surface area (Å²) < 4.78 is 11.2. The standard InChI is InChI=1S/C20H26N2O2/c1-23-18-8-7-16(14-9-12-24-19(14)18)22-13-20(10-4-11-20)21-15-5-2-3-6-17(15)22/h7-9,12,15,17,21H,2-6,10-11,13H2,1H3. The highest BCUT2D eigenvalue weighted by Gasteiger charge is 2.48. The van der Waals surface area contributed by atoms with Crippen molar-refractivity contribution in [3.8, 4) is 5.75 Å². The van der Waals surface area contributed by atoms with E-state index in [1.165, 1.54) is 56.0 Å². The van der Waals surface area contributed by atoms with Gasteiger partial charge in [-0.25, -0.2) is 0 Å². The maximum Gasteiger partial charge on any atom is 0.177 e. The molecule has 128 valence electrons. The first kappa shape index (κ1) is 14.6. The van der Waals surface area contributed by atoms with E-state index >= 15 is 0 Å². The number of rotatable bonds is 2. The number of hydrogen-bond donors (Lipinski definition) is 1. The minimum Gasteiger partial charge on any atom is -0.493 e. The minimum absolute atomic E-state index is 0.342. The first-order chi connectivity index (χ1) is 11.8. The molecule has 0 radical (unpaired) electrons. The van der Waals surface area contributed by atoms with Crippen molar-refractivity contribution in [2.75, 3.05) is 18.6 Å². The highest BCUT2D eigenvalue weighted by Crippen LogP contribution is 2.44. The summed E-state index contributed by atoms with van der Waals surface area (Å²) in [6.07, 6.45) is 11.1. The molecule has 4 heteroatoms. The Bertz CT molecular complexity index is 749. The van der Waals surface area contributed by atoms with Gasteiger partial charge in [0.25, 0.3) is 0 Å². The third-order valence-corrected chi connectivity index (χ3v) is 6.49. The normalized spacial score (nSPS) is 28.6. The summed E-state index contributed by atoms with van der Waals surface area (Å²) in [6.45, 7) is 1.13. The molecule has 24 heavy (non-hydrogen) atoms. The molecule has 1 spiro atoms. The molecule has 5 rings (SSSR count). The van der Waals surface area contributed by atoms with E-state index in [9.17, 15) is 0 Å².